The summed E-state index contributed by atoms with van der Waals surface area (Å²) in [6, 6.07) is 11.5. The zero-order valence-corrected chi connectivity index (χ0v) is 21.9. The number of hydrogen-bond acceptors (Lipinski definition) is 6. The van der Waals surface area contributed by atoms with Crippen LogP contribution in [0.15, 0.2) is 47.4 Å². The highest BCUT2D eigenvalue weighted by molar-refractivity contribution is 7.89. The Morgan fingerprint density at radius 3 is 2.23 bits per heavy atom. The van der Waals surface area contributed by atoms with Crippen LogP contribution in [0.2, 0.25) is 0 Å². The third-order valence-electron chi connectivity index (χ3n) is 6.17. The maximum absolute atomic E-state index is 13.6. The molecule has 0 radical (unpaired) electrons. The van der Waals surface area contributed by atoms with Gasteiger partial charge in [-0.15, -0.1) is 0 Å². The van der Waals surface area contributed by atoms with Gasteiger partial charge in [-0.2, -0.15) is 4.72 Å². The minimum atomic E-state index is -4.00. The number of nitrogens with zero attached hydrogens (tertiary/aromatic N) is 2. The number of sulfonamides is 1. The fourth-order valence-electron chi connectivity index (χ4n) is 4.08. The Kier molecular flexibility index (Phi) is 10.4. The summed E-state index contributed by atoms with van der Waals surface area (Å²) in [5.41, 5.74) is 1.06. The zero-order valence-electron chi connectivity index (χ0n) is 21.1. The van der Waals surface area contributed by atoms with Crippen LogP contribution < -0.4 is 9.62 Å². The van der Waals surface area contributed by atoms with Crippen LogP contribution >= 0.6 is 0 Å². The minimum Gasteiger partial charge on any atom is -0.378 e. The van der Waals surface area contributed by atoms with E-state index in [1.807, 2.05) is 38.9 Å². The SMILES string of the molecule is CCCCC(C=O)(CCCC)NS(=O)(=O)c1ccc(N(C)C)cc1CCc1cccc([N+](=O)[O-])c1. The number of carbonyl (C=O) groups is 1. The standard InChI is InChI=1S/C26H37N3O5S/c1-5-7-16-26(20-30,17-8-6-2)27-35(33,34)25-15-14-23(28(3)4)19-22(25)13-12-21-10-9-11-24(18-21)29(31)32/h9-11,14-15,18-20,27H,5-8,12-13,16-17H2,1-4H3. The predicted molar refractivity (Wildman–Crippen MR) is 139 cm³/mol. The lowest BCUT2D eigenvalue weighted by molar-refractivity contribution is -0.384. The topological polar surface area (TPSA) is 110 Å². The van der Waals surface area contributed by atoms with Crippen LogP contribution in [-0.2, 0) is 27.7 Å². The van der Waals surface area contributed by atoms with Crippen LogP contribution in [0.4, 0.5) is 11.4 Å². The summed E-state index contributed by atoms with van der Waals surface area (Å²) >= 11 is 0. The first-order chi connectivity index (χ1) is 16.6. The second kappa shape index (κ2) is 12.8. The van der Waals surface area contributed by atoms with E-state index in [0.29, 0.717) is 31.2 Å². The van der Waals surface area contributed by atoms with Gasteiger partial charge in [-0.25, -0.2) is 8.42 Å². The second-order valence-electron chi connectivity index (χ2n) is 9.20. The molecule has 0 aromatic heterocycles. The largest absolute Gasteiger partial charge is 0.378 e. The molecule has 0 bridgehead atoms. The molecule has 0 fully saturated rings. The lowest BCUT2D eigenvalue weighted by atomic mass is 9.90. The van der Waals surface area contributed by atoms with Crippen LogP contribution in [0, 0.1) is 10.1 Å². The first kappa shape index (κ1) is 28.5. The fraction of sp³-hybridized carbons (Fsp3) is 0.500. The molecule has 0 aliphatic carbocycles. The highest BCUT2D eigenvalue weighted by Gasteiger charge is 2.35. The van der Waals surface area contributed by atoms with Crippen LogP contribution in [0.5, 0.6) is 0 Å². The number of aldehydes is 1. The molecule has 8 nitrogen and oxygen atoms in total. The van der Waals surface area contributed by atoms with Crippen molar-refractivity contribution >= 4 is 27.7 Å². The molecular formula is C26H37N3O5S. The summed E-state index contributed by atoms with van der Waals surface area (Å²) in [6.07, 6.45) is 5.66. The van der Waals surface area contributed by atoms with E-state index >= 15 is 0 Å². The number of unbranched alkanes of at least 4 members (excludes halogenated alkanes) is 2. The van der Waals surface area contributed by atoms with Gasteiger partial charge >= 0.3 is 0 Å². The molecule has 0 spiro atoms. The van der Waals surface area contributed by atoms with E-state index in [9.17, 15) is 23.3 Å². The Hall–Kier alpha value is -2.78. The summed E-state index contributed by atoms with van der Waals surface area (Å²) in [5.74, 6) is 0. The van der Waals surface area contributed by atoms with Gasteiger partial charge < -0.3 is 9.69 Å². The van der Waals surface area contributed by atoms with E-state index < -0.39 is 20.5 Å². The molecule has 2 aromatic carbocycles. The van der Waals surface area contributed by atoms with Gasteiger partial charge in [-0.1, -0.05) is 51.7 Å². The Bertz CT molecular complexity index is 1110. The van der Waals surface area contributed by atoms with Crippen molar-refractivity contribution in [3.63, 3.8) is 0 Å². The number of aryl methyl sites for hydroxylation is 2. The van der Waals surface area contributed by atoms with Crippen molar-refractivity contribution in [1.82, 2.24) is 4.72 Å². The molecule has 1 N–H and O–H groups in total. The molecular weight excluding hydrogens is 466 g/mol. The smallest absolute Gasteiger partial charge is 0.269 e. The van der Waals surface area contributed by atoms with Gasteiger partial charge in [0.15, 0.2) is 0 Å². The number of nitrogens with one attached hydrogen (secondary N) is 1. The van der Waals surface area contributed by atoms with E-state index in [1.54, 1.807) is 24.3 Å². The van der Waals surface area contributed by atoms with E-state index in [2.05, 4.69) is 4.72 Å². The number of benzene rings is 2. The van der Waals surface area contributed by atoms with Gasteiger partial charge in [0.25, 0.3) is 5.69 Å². The fourth-order valence-corrected chi connectivity index (χ4v) is 5.73. The van der Waals surface area contributed by atoms with E-state index in [-0.39, 0.29) is 10.6 Å². The Morgan fingerprint density at radius 2 is 1.69 bits per heavy atom. The normalized spacial score (nSPS) is 11.9. The maximum Gasteiger partial charge on any atom is 0.269 e. The van der Waals surface area contributed by atoms with Crippen molar-refractivity contribution in [2.45, 2.75) is 75.6 Å². The average Bonchev–Trinajstić information content (AvgIpc) is 2.84. The van der Waals surface area contributed by atoms with Gasteiger partial charge in [-0.05, 0) is 55.0 Å². The van der Waals surface area contributed by atoms with Crippen LogP contribution in [0.1, 0.15) is 63.5 Å². The highest BCUT2D eigenvalue weighted by atomic mass is 32.2. The van der Waals surface area contributed by atoms with Gasteiger partial charge in [0, 0.05) is 31.9 Å². The lowest BCUT2D eigenvalue weighted by Crippen LogP contribution is -2.50. The van der Waals surface area contributed by atoms with Crippen LogP contribution in [-0.4, -0.2) is 39.3 Å². The lowest BCUT2D eigenvalue weighted by Gasteiger charge is -2.29. The third kappa shape index (κ3) is 7.86. The molecule has 0 unspecified atom stereocenters. The van der Waals surface area contributed by atoms with Gasteiger partial charge in [-0.3, -0.25) is 10.1 Å². The van der Waals surface area contributed by atoms with Crippen LogP contribution in [0.3, 0.4) is 0 Å². The van der Waals surface area contributed by atoms with E-state index in [1.165, 1.54) is 12.1 Å². The molecule has 0 aliphatic heterocycles. The van der Waals surface area contributed by atoms with E-state index in [4.69, 9.17) is 0 Å². The van der Waals surface area contributed by atoms with E-state index in [0.717, 1.165) is 43.2 Å². The number of non-ortho nitro benzene ring substituents is 1. The molecule has 0 saturated carbocycles. The number of nitro benzene ring substituents is 1. The molecule has 35 heavy (non-hydrogen) atoms. The van der Waals surface area contributed by atoms with Crippen molar-refractivity contribution < 1.29 is 18.1 Å². The molecule has 2 aromatic rings. The second-order valence-corrected chi connectivity index (χ2v) is 10.9. The molecule has 0 atom stereocenters. The van der Waals surface area contributed by atoms with Crippen molar-refractivity contribution in [3.8, 4) is 0 Å². The third-order valence-corrected chi connectivity index (χ3v) is 7.82. The number of carbonyl (C=O) groups excluding carboxylic acids is 1. The molecule has 2 rings (SSSR count). The highest BCUT2D eigenvalue weighted by Crippen LogP contribution is 2.28. The summed E-state index contributed by atoms with van der Waals surface area (Å²) in [7, 11) is -0.250. The molecule has 192 valence electrons. The average molecular weight is 504 g/mol. The maximum atomic E-state index is 13.6. The van der Waals surface area contributed by atoms with Crippen molar-refractivity contribution in [2.75, 3.05) is 19.0 Å². The number of rotatable bonds is 15. The van der Waals surface area contributed by atoms with Crippen molar-refractivity contribution in [3.05, 3.63) is 63.7 Å². The van der Waals surface area contributed by atoms with Crippen LogP contribution in [0.25, 0.3) is 0 Å². The molecule has 0 heterocycles. The van der Waals surface area contributed by atoms with Gasteiger partial charge in [0.1, 0.15) is 6.29 Å². The number of anilines is 1. The minimum absolute atomic E-state index is 0.00155. The summed E-state index contributed by atoms with van der Waals surface area (Å²) in [5, 5.41) is 11.1. The van der Waals surface area contributed by atoms with Gasteiger partial charge in [0.05, 0.1) is 15.4 Å². The summed E-state index contributed by atoms with van der Waals surface area (Å²) < 4.78 is 30.0. The first-order valence-corrected chi connectivity index (χ1v) is 13.6. The quantitative estimate of drug-likeness (QED) is 0.207. The molecule has 0 saturated heterocycles. The summed E-state index contributed by atoms with van der Waals surface area (Å²) in [4.78, 5) is 24.9. The Balaban J connectivity index is 2.44. The zero-order chi connectivity index (χ0) is 26.1. The molecule has 0 aliphatic rings. The number of hydrogen-bond donors (Lipinski definition) is 1. The predicted octanol–water partition coefficient (Wildman–Crippen LogP) is 5.04. The van der Waals surface area contributed by atoms with Gasteiger partial charge in [0.2, 0.25) is 10.0 Å². The van der Waals surface area contributed by atoms with Crippen molar-refractivity contribution in [1.29, 1.82) is 0 Å². The summed E-state index contributed by atoms with van der Waals surface area (Å²) in [6.45, 7) is 4.02. The van der Waals surface area contributed by atoms with Crippen molar-refractivity contribution in [2.24, 2.45) is 0 Å². The first-order valence-electron chi connectivity index (χ1n) is 12.1. The molecule has 9 heteroatoms. The molecule has 0 amide bonds. The Morgan fingerprint density at radius 1 is 1.03 bits per heavy atom. The monoisotopic (exact) mass is 503 g/mol. The Labute approximate surface area is 208 Å². The number of nitro groups is 1.